The first-order valence-corrected chi connectivity index (χ1v) is 5.25. The molecule has 2 rings (SSSR count). The molecule has 0 bridgehead atoms. The van der Waals surface area contributed by atoms with Gasteiger partial charge in [-0.25, -0.2) is 9.78 Å². The van der Waals surface area contributed by atoms with Gasteiger partial charge in [-0.1, -0.05) is 35.3 Å². The van der Waals surface area contributed by atoms with Crippen molar-refractivity contribution in [3.63, 3.8) is 0 Å². The van der Waals surface area contributed by atoms with E-state index in [9.17, 15) is 4.79 Å². The van der Waals surface area contributed by atoms with Crippen molar-refractivity contribution in [3.05, 3.63) is 39.5 Å². The van der Waals surface area contributed by atoms with Gasteiger partial charge >= 0.3 is 5.97 Å². The van der Waals surface area contributed by atoms with Gasteiger partial charge in [-0.05, 0) is 18.6 Å². The first-order chi connectivity index (χ1) is 7.52. The number of carbonyl (C=O) groups is 1. The molecule has 0 unspecified atom stereocenters. The maximum Gasteiger partial charge on any atom is 0.339 e. The molecular weight excluding hydrogens is 249 g/mol. The number of hydrogen-bond acceptors (Lipinski definition) is 2. The Bertz CT molecular complexity index is 596. The van der Waals surface area contributed by atoms with E-state index in [1.807, 2.05) is 0 Å². The van der Waals surface area contributed by atoms with Crippen molar-refractivity contribution in [1.29, 1.82) is 0 Å². The molecule has 0 spiro atoms. The van der Waals surface area contributed by atoms with Gasteiger partial charge in [0.2, 0.25) is 0 Å². The van der Waals surface area contributed by atoms with Gasteiger partial charge in [-0.15, -0.1) is 0 Å². The number of aromatic nitrogens is 1. The molecule has 0 atom stereocenters. The van der Waals surface area contributed by atoms with E-state index in [0.717, 1.165) is 0 Å². The van der Waals surface area contributed by atoms with Gasteiger partial charge in [0.25, 0.3) is 0 Å². The van der Waals surface area contributed by atoms with E-state index in [1.54, 1.807) is 25.1 Å². The maximum absolute atomic E-state index is 11.0. The number of halogens is 2. The molecule has 0 fully saturated rings. The lowest BCUT2D eigenvalue weighted by Gasteiger charge is -2.08. The molecule has 82 valence electrons. The zero-order valence-electron chi connectivity index (χ0n) is 8.29. The second-order valence-corrected chi connectivity index (χ2v) is 4.11. The summed E-state index contributed by atoms with van der Waals surface area (Å²) >= 11 is 11.8. The Labute approximate surface area is 102 Å². The molecule has 3 nitrogen and oxygen atoms in total. The highest BCUT2D eigenvalue weighted by Gasteiger charge is 2.17. The summed E-state index contributed by atoms with van der Waals surface area (Å²) in [5, 5.41) is 10.1. The van der Waals surface area contributed by atoms with Crippen molar-refractivity contribution in [3.8, 4) is 0 Å². The predicted molar refractivity (Wildman–Crippen MR) is 63.5 cm³/mol. The number of benzene rings is 1. The molecule has 1 N–H and O–H groups in total. The van der Waals surface area contributed by atoms with Crippen LogP contribution in [0, 0.1) is 6.92 Å². The predicted octanol–water partition coefficient (Wildman–Crippen LogP) is 3.55. The first-order valence-electron chi connectivity index (χ1n) is 4.50. The summed E-state index contributed by atoms with van der Waals surface area (Å²) in [6.45, 7) is 1.69. The molecule has 0 amide bonds. The molecule has 16 heavy (non-hydrogen) atoms. The largest absolute Gasteiger partial charge is 0.478 e. The Balaban J connectivity index is 2.94. The number of fused-ring (bicyclic) bond motifs is 1. The Kier molecular flexibility index (Phi) is 2.74. The van der Waals surface area contributed by atoms with E-state index >= 15 is 0 Å². The lowest BCUT2D eigenvalue weighted by molar-refractivity contribution is 0.0696. The molecule has 2 aromatic rings. The van der Waals surface area contributed by atoms with Gasteiger partial charge in [0.05, 0.1) is 10.5 Å². The van der Waals surface area contributed by atoms with Crippen LogP contribution in [0.25, 0.3) is 10.9 Å². The van der Waals surface area contributed by atoms with Crippen LogP contribution in [0.3, 0.4) is 0 Å². The Morgan fingerprint density at radius 1 is 1.38 bits per heavy atom. The quantitative estimate of drug-likeness (QED) is 0.793. The van der Waals surface area contributed by atoms with E-state index in [4.69, 9.17) is 28.3 Å². The second kappa shape index (κ2) is 3.92. The Hall–Kier alpha value is -1.32. The molecule has 1 aromatic carbocycles. The van der Waals surface area contributed by atoms with Crippen molar-refractivity contribution in [2.45, 2.75) is 6.92 Å². The third kappa shape index (κ3) is 1.62. The minimum atomic E-state index is -1.09. The van der Waals surface area contributed by atoms with Crippen LogP contribution in [-0.2, 0) is 0 Å². The van der Waals surface area contributed by atoms with Crippen LogP contribution in [0.15, 0.2) is 18.2 Å². The summed E-state index contributed by atoms with van der Waals surface area (Å²) in [6.07, 6.45) is 0. The fraction of sp³-hybridized carbons (Fsp3) is 0.0909. The number of nitrogens with zero attached hydrogens (tertiary/aromatic N) is 1. The zero-order valence-corrected chi connectivity index (χ0v) is 9.80. The summed E-state index contributed by atoms with van der Waals surface area (Å²) in [7, 11) is 0. The first kappa shape index (κ1) is 11.2. The highest BCUT2D eigenvalue weighted by atomic mass is 35.5. The lowest BCUT2D eigenvalue weighted by Crippen LogP contribution is -2.03. The van der Waals surface area contributed by atoms with Crippen LogP contribution in [0.2, 0.25) is 10.2 Å². The average Bonchev–Trinajstić information content (AvgIpc) is 2.19. The van der Waals surface area contributed by atoms with Gasteiger partial charge in [-0.3, -0.25) is 0 Å². The molecule has 0 aliphatic rings. The molecule has 0 aliphatic heterocycles. The summed E-state index contributed by atoms with van der Waals surface area (Å²) in [4.78, 5) is 15.0. The number of aromatic carboxylic acids is 1. The fourth-order valence-corrected chi connectivity index (χ4v) is 2.15. The van der Waals surface area contributed by atoms with E-state index in [0.29, 0.717) is 21.5 Å². The minimum Gasteiger partial charge on any atom is -0.478 e. The van der Waals surface area contributed by atoms with E-state index < -0.39 is 5.97 Å². The normalized spacial score (nSPS) is 10.7. The average molecular weight is 256 g/mol. The number of hydrogen-bond donors (Lipinski definition) is 1. The fourth-order valence-electron chi connectivity index (χ4n) is 1.62. The van der Waals surface area contributed by atoms with Gasteiger partial charge in [0, 0.05) is 5.39 Å². The maximum atomic E-state index is 11.0. The second-order valence-electron chi connectivity index (χ2n) is 3.34. The number of carboxylic acids is 1. The minimum absolute atomic E-state index is 0.0245. The Morgan fingerprint density at radius 2 is 2.06 bits per heavy atom. The van der Waals surface area contributed by atoms with E-state index in [1.165, 1.54) is 0 Å². The SMILES string of the molecule is Cc1c(C(=O)O)c(Cl)nc2c(Cl)cccc12. The smallest absolute Gasteiger partial charge is 0.339 e. The topological polar surface area (TPSA) is 50.2 Å². The molecule has 0 aliphatic carbocycles. The molecular formula is C11H7Cl2NO2. The van der Waals surface area contributed by atoms with Crippen molar-refractivity contribution in [1.82, 2.24) is 4.98 Å². The standard InChI is InChI=1S/C11H7Cl2NO2/c1-5-6-3-2-4-7(12)9(6)14-10(13)8(5)11(15)16/h2-4H,1H3,(H,15,16). The molecule has 0 saturated heterocycles. The van der Waals surface area contributed by atoms with Crippen molar-refractivity contribution < 1.29 is 9.90 Å². The Morgan fingerprint density at radius 3 is 2.69 bits per heavy atom. The van der Waals surface area contributed by atoms with Crippen molar-refractivity contribution in [2.24, 2.45) is 0 Å². The molecule has 1 heterocycles. The summed E-state index contributed by atoms with van der Waals surface area (Å²) in [5.41, 5.74) is 1.12. The van der Waals surface area contributed by atoms with Crippen molar-refractivity contribution in [2.75, 3.05) is 0 Å². The number of rotatable bonds is 1. The van der Waals surface area contributed by atoms with Crippen molar-refractivity contribution >= 4 is 40.1 Å². The van der Waals surface area contributed by atoms with E-state index in [-0.39, 0.29) is 10.7 Å². The zero-order chi connectivity index (χ0) is 11.9. The highest BCUT2D eigenvalue weighted by molar-refractivity contribution is 6.36. The van der Waals surface area contributed by atoms with Gasteiger partial charge in [-0.2, -0.15) is 0 Å². The van der Waals surface area contributed by atoms with Crippen LogP contribution in [0.4, 0.5) is 0 Å². The molecule has 0 radical (unpaired) electrons. The number of carboxylic acid groups (broad SMARTS) is 1. The molecule has 1 aromatic heterocycles. The molecule has 5 heteroatoms. The number of para-hydroxylation sites is 1. The third-order valence-electron chi connectivity index (χ3n) is 2.40. The summed E-state index contributed by atoms with van der Waals surface area (Å²) in [5.74, 6) is -1.09. The lowest BCUT2D eigenvalue weighted by atomic mass is 10.1. The summed E-state index contributed by atoms with van der Waals surface area (Å²) < 4.78 is 0. The van der Waals surface area contributed by atoms with Crippen LogP contribution in [0.5, 0.6) is 0 Å². The van der Waals surface area contributed by atoms with Crippen LogP contribution in [-0.4, -0.2) is 16.1 Å². The molecule has 0 saturated carbocycles. The van der Waals surface area contributed by atoms with Crippen LogP contribution < -0.4 is 0 Å². The van der Waals surface area contributed by atoms with Gasteiger partial charge in [0.15, 0.2) is 0 Å². The van der Waals surface area contributed by atoms with Gasteiger partial charge < -0.3 is 5.11 Å². The third-order valence-corrected chi connectivity index (χ3v) is 2.97. The number of aryl methyl sites for hydroxylation is 1. The van der Waals surface area contributed by atoms with Crippen LogP contribution in [0.1, 0.15) is 15.9 Å². The van der Waals surface area contributed by atoms with Crippen LogP contribution >= 0.6 is 23.2 Å². The van der Waals surface area contributed by atoms with E-state index in [2.05, 4.69) is 4.98 Å². The number of pyridine rings is 1. The van der Waals surface area contributed by atoms with Gasteiger partial charge in [0.1, 0.15) is 10.7 Å². The highest BCUT2D eigenvalue weighted by Crippen LogP contribution is 2.29. The monoisotopic (exact) mass is 255 g/mol. The summed E-state index contributed by atoms with van der Waals surface area (Å²) in [6, 6.07) is 5.21.